The fourth-order valence-electron chi connectivity index (χ4n) is 1.49. The normalized spacial score (nSPS) is 11.9. The van der Waals surface area contributed by atoms with Crippen LogP contribution in [0.5, 0.6) is 0 Å². The molecule has 1 aromatic carbocycles. The maximum atomic E-state index is 11.7. The summed E-state index contributed by atoms with van der Waals surface area (Å²) in [6, 6.07) is 6.40. The van der Waals surface area contributed by atoms with Crippen LogP contribution in [0.4, 0.5) is 0 Å². The second kappa shape index (κ2) is 8.07. The molecule has 6 heteroatoms. The standard InChI is InChI=1S/C13H16ClNO3S/c1-2-5-10(13(17)18)15-12(16)8-19-11-7-4-3-6-9(11)14/h3-4,6-7,10H,2,5,8H2,1H3,(H,15,16)(H,17,18). The van der Waals surface area contributed by atoms with Gasteiger partial charge in [0.15, 0.2) is 0 Å². The average Bonchev–Trinajstić information content (AvgIpc) is 2.37. The molecule has 1 unspecified atom stereocenters. The number of benzene rings is 1. The molecule has 0 heterocycles. The van der Waals surface area contributed by atoms with Crippen LogP contribution in [0.25, 0.3) is 0 Å². The molecule has 1 amide bonds. The number of carbonyl (C=O) groups excluding carboxylic acids is 1. The first-order valence-electron chi connectivity index (χ1n) is 5.94. The summed E-state index contributed by atoms with van der Waals surface area (Å²) < 4.78 is 0. The van der Waals surface area contributed by atoms with E-state index in [4.69, 9.17) is 16.7 Å². The van der Waals surface area contributed by atoms with Crippen molar-refractivity contribution in [1.82, 2.24) is 5.32 Å². The van der Waals surface area contributed by atoms with Gasteiger partial charge in [0.2, 0.25) is 5.91 Å². The van der Waals surface area contributed by atoms with Gasteiger partial charge in [0.1, 0.15) is 6.04 Å². The Bertz CT molecular complexity index is 453. The Morgan fingerprint density at radius 3 is 2.68 bits per heavy atom. The maximum Gasteiger partial charge on any atom is 0.326 e. The minimum atomic E-state index is -1.00. The van der Waals surface area contributed by atoms with E-state index >= 15 is 0 Å². The van der Waals surface area contributed by atoms with E-state index in [0.29, 0.717) is 17.9 Å². The summed E-state index contributed by atoms with van der Waals surface area (Å²) in [6.45, 7) is 1.88. The van der Waals surface area contributed by atoms with E-state index in [1.54, 1.807) is 6.07 Å². The van der Waals surface area contributed by atoms with Crippen LogP contribution in [-0.4, -0.2) is 28.8 Å². The number of amides is 1. The number of nitrogens with one attached hydrogen (secondary N) is 1. The molecule has 0 aromatic heterocycles. The fraction of sp³-hybridized carbons (Fsp3) is 0.385. The van der Waals surface area contributed by atoms with Gasteiger partial charge in [-0.25, -0.2) is 4.79 Å². The molecule has 0 aliphatic carbocycles. The first kappa shape index (κ1) is 15.9. The van der Waals surface area contributed by atoms with Crippen LogP contribution in [0.3, 0.4) is 0 Å². The van der Waals surface area contributed by atoms with Crippen molar-refractivity contribution in [1.29, 1.82) is 0 Å². The topological polar surface area (TPSA) is 66.4 Å². The first-order chi connectivity index (χ1) is 9.04. The van der Waals surface area contributed by atoms with Gasteiger partial charge < -0.3 is 10.4 Å². The minimum Gasteiger partial charge on any atom is -0.480 e. The number of aliphatic carboxylic acids is 1. The van der Waals surface area contributed by atoms with Crippen LogP contribution in [0.2, 0.25) is 5.02 Å². The zero-order valence-electron chi connectivity index (χ0n) is 10.6. The third kappa shape index (κ3) is 5.53. The second-order valence-corrected chi connectivity index (χ2v) is 5.39. The van der Waals surface area contributed by atoms with E-state index in [1.807, 2.05) is 25.1 Å². The van der Waals surface area contributed by atoms with Crippen LogP contribution >= 0.6 is 23.4 Å². The Labute approximate surface area is 121 Å². The molecule has 1 rings (SSSR count). The Hall–Kier alpha value is -1.20. The summed E-state index contributed by atoms with van der Waals surface area (Å²) >= 11 is 7.26. The van der Waals surface area contributed by atoms with Crippen molar-refractivity contribution in [3.63, 3.8) is 0 Å². The quantitative estimate of drug-likeness (QED) is 0.760. The van der Waals surface area contributed by atoms with E-state index in [0.717, 1.165) is 4.90 Å². The molecule has 0 saturated carbocycles. The number of rotatable bonds is 7. The Kier molecular flexibility index (Phi) is 6.73. The molecule has 4 nitrogen and oxygen atoms in total. The summed E-state index contributed by atoms with van der Waals surface area (Å²) in [4.78, 5) is 23.4. The molecule has 19 heavy (non-hydrogen) atoms. The van der Waals surface area contributed by atoms with E-state index < -0.39 is 12.0 Å². The molecule has 0 aliphatic rings. The lowest BCUT2D eigenvalue weighted by Gasteiger charge is -2.13. The Morgan fingerprint density at radius 1 is 1.42 bits per heavy atom. The number of hydrogen-bond donors (Lipinski definition) is 2. The number of halogens is 1. The van der Waals surface area contributed by atoms with E-state index in [-0.39, 0.29) is 11.7 Å². The largest absolute Gasteiger partial charge is 0.480 e. The van der Waals surface area contributed by atoms with Crippen molar-refractivity contribution in [2.45, 2.75) is 30.7 Å². The molecule has 0 bridgehead atoms. The second-order valence-electron chi connectivity index (χ2n) is 3.97. The third-order valence-electron chi connectivity index (χ3n) is 2.41. The number of thioether (sulfide) groups is 1. The highest BCUT2D eigenvalue weighted by Crippen LogP contribution is 2.26. The van der Waals surface area contributed by atoms with E-state index in [9.17, 15) is 9.59 Å². The highest BCUT2D eigenvalue weighted by atomic mass is 35.5. The third-order valence-corrected chi connectivity index (χ3v) is 3.92. The number of carboxylic acids is 1. The number of hydrogen-bond acceptors (Lipinski definition) is 3. The lowest BCUT2D eigenvalue weighted by molar-refractivity contribution is -0.141. The zero-order valence-corrected chi connectivity index (χ0v) is 12.1. The van der Waals surface area contributed by atoms with Gasteiger partial charge in [0.05, 0.1) is 10.8 Å². The van der Waals surface area contributed by atoms with Crippen molar-refractivity contribution in [3.05, 3.63) is 29.3 Å². The van der Waals surface area contributed by atoms with Crippen LogP contribution in [0, 0.1) is 0 Å². The Morgan fingerprint density at radius 2 is 2.11 bits per heavy atom. The van der Waals surface area contributed by atoms with Gasteiger partial charge in [-0.3, -0.25) is 4.79 Å². The molecular weight excluding hydrogens is 286 g/mol. The SMILES string of the molecule is CCCC(NC(=O)CSc1ccccc1Cl)C(=O)O. The average molecular weight is 302 g/mol. The number of carboxylic acid groups (broad SMARTS) is 1. The van der Waals surface area contributed by atoms with Crippen LogP contribution in [0.15, 0.2) is 29.2 Å². The highest BCUT2D eigenvalue weighted by Gasteiger charge is 2.18. The lowest BCUT2D eigenvalue weighted by atomic mass is 10.2. The summed E-state index contributed by atoms with van der Waals surface area (Å²) in [5, 5.41) is 12.0. The molecular formula is C13H16ClNO3S. The molecule has 0 spiro atoms. The summed E-state index contributed by atoms with van der Waals surface area (Å²) in [6.07, 6.45) is 1.13. The number of carbonyl (C=O) groups is 2. The molecule has 0 radical (unpaired) electrons. The summed E-state index contributed by atoms with van der Waals surface area (Å²) in [5.41, 5.74) is 0. The monoisotopic (exact) mass is 301 g/mol. The molecule has 0 fully saturated rings. The van der Waals surface area contributed by atoms with Crippen molar-refractivity contribution in [2.24, 2.45) is 0 Å². The van der Waals surface area contributed by atoms with Gasteiger partial charge in [-0.15, -0.1) is 11.8 Å². The fourth-order valence-corrected chi connectivity index (χ4v) is 2.54. The van der Waals surface area contributed by atoms with Crippen LogP contribution in [0.1, 0.15) is 19.8 Å². The molecule has 0 saturated heterocycles. The maximum absolute atomic E-state index is 11.7. The predicted octanol–water partition coefficient (Wildman–Crippen LogP) is 2.80. The minimum absolute atomic E-state index is 0.150. The van der Waals surface area contributed by atoms with E-state index in [1.165, 1.54) is 11.8 Å². The molecule has 1 aromatic rings. The predicted molar refractivity (Wildman–Crippen MR) is 76.7 cm³/mol. The smallest absolute Gasteiger partial charge is 0.326 e. The summed E-state index contributed by atoms with van der Waals surface area (Å²) in [5.74, 6) is -1.15. The van der Waals surface area contributed by atoms with Gasteiger partial charge >= 0.3 is 5.97 Å². The molecule has 1 atom stereocenters. The summed E-state index contributed by atoms with van der Waals surface area (Å²) in [7, 11) is 0. The van der Waals surface area contributed by atoms with Crippen LogP contribution in [-0.2, 0) is 9.59 Å². The Balaban J connectivity index is 2.47. The zero-order chi connectivity index (χ0) is 14.3. The van der Waals surface area contributed by atoms with Crippen LogP contribution < -0.4 is 5.32 Å². The first-order valence-corrected chi connectivity index (χ1v) is 7.30. The van der Waals surface area contributed by atoms with Crippen molar-refractivity contribution in [2.75, 3.05) is 5.75 Å². The van der Waals surface area contributed by atoms with Gasteiger partial charge in [-0.2, -0.15) is 0 Å². The van der Waals surface area contributed by atoms with Crippen molar-refractivity contribution >= 4 is 35.2 Å². The van der Waals surface area contributed by atoms with Gasteiger partial charge in [0.25, 0.3) is 0 Å². The van der Waals surface area contributed by atoms with Gasteiger partial charge in [-0.1, -0.05) is 37.1 Å². The molecule has 104 valence electrons. The van der Waals surface area contributed by atoms with E-state index in [2.05, 4.69) is 5.32 Å². The van der Waals surface area contributed by atoms with Crippen molar-refractivity contribution in [3.8, 4) is 0 Å². The highest BCUT2D eigenvalue weighted by molar-refractivity contribution is 8.00. The molecule has 2 N–H and O–H groups in total. The van der Waals surface area contributed by atoms with Crippen molar-refractivity contribution < 1.29 is 14.7 Å². The molecule has 0 aliphatic heterocycles. The van der Waals surface area contributed by atoms with Gasteiger partial charge in [-0.05, 0) is 18.6 Å². The lowest BCUT2D eigenvalue weighted by Crippen LogP contribution is -2.41. The van der Waals surface area contributed by atoms with Gasteiger partial charge in [0, 0.05) is 4.90 Å².